The lowest BCUT2D eigenvalue weighted by atomic mass is 9.51. The predicted octanol–water partition coefficient (Wildman–Crippen LogP) is 4.99. The van der Waals surface area contributed by atoms with Gasteiger partial charge in [-0.2, -0.15) is 0 Å². The fourth-order valence-electron chi connectivity index (χ4n) is 6.65. The first-order valence-corrected chi connectivity index (χ1v) is 10.5. The van der Waals surface area contributed by atoms with Crippen molar-refractivity contribution in [2.45, 2.75) is 74.1 Å². The van der Waals surface area contributed by atoms with Gasteiger partial charge in [-0.15, -0.1) is 0 Å². The molecule has 0 aromatic rings. The third-order valence-corrected chi connectivity index (χ3v) is 7.83. The number of amides is 1. The van der Waals surface area contributed by atoms with Gasteiger partial charge < -0.3 is 5.73 Å². The molecule has 0 spiro atoms. The Labute approximate surface area is 160 Å². The highest BCUT2D eigenvalue weighted by atomic mass is 16.1. The van der Waals surface area contributed by atoms with Crippen molar-refractivity contribution >= 4 is 11.7 Å². The number of hydrogen-bond donors (Lipinski definition) is 1. The summed E-state index contributed by atoms with van der Waals surface area (Å²) in [6, 6.07) is 0. The van der Waals surface area contributed by atoms with Gasteiger partial charge in [0.2, 0.25) is 5.91 Å². The molecule has 2 aliphatic carbocycles. The second-order valence-electron chi connectivity index (χ2n) is 9.89. The van der Waals surface area contributed by atoms with Gasteiger partial charge >= 0.3 is 0 Å². The smallest absolute Gasteiger partial charge is 0.217 e. The molecule has 2 N–H and O–H groups in total. The largest absolute Gasteiger partial charge is 0.370 e. The first kappa shape index (κ1) is 21.2. The number of carbonyl (C=O) groups is 2. The normalized spacial score (nSPS) is 38.1. The molecule has 1 amide bonds. The van der Waals surface area contributed by atoms with E-state index in [1.54, 1.807) is 0 Å². The van der Waals surface area contributed by atoms with Gasteiger partial charge in [0.05, 0.1) is 0 Å². The number of carbonyl (C=O) groups excluding carboxylic acids is 2. The zero-order valence-corrected chi connectivity index (χ0v) is 17.8. The summed E-state index contributed by atoms with van der Waals surface area (Å²) in [5.74, 6) is 2.92. The molecule has 0 radical (unpaired) electrons. The molecule has 1 fully saturated rings. The molecule has 148 valence electrons. The Kier molecular flexibility index (Phi) is 6.40. The van der Waals surface area contributed by atoms with Gasteiger partial charge in [0.1, 0.15) is 0 Å². The molecule has 3 heteroatoms. The summed E-state index contributed by atoms with van der Waals surface area (Å²) in [5, 5.41) is 0. The highest BCUT2D eigenvalue weighted by Gasteiger charge is 2.56. The van der Waals surface area contributed by atoms with Gasteiger partial charge in [-0.1, -0.05) is 53.5 Å². The maximum atomic E-state index is 13.3. The predicted molar refractivity (Wildman–Crippen MR) is 107 cm³/mol. The lowest BCUT2D eigenvalue weighted by Gasteiger charge is -2.52. The highest BCUT2D eigenvalue weighted by molar-refractivity contribution is 5.94. The van der Waals surface area contributed by atoms with Gasteiger partial charge in [-0.25, -0.2) is 0 Å². The molecular formula is C23H39NO2. The van der Waals surface area contributed by atoms with Crippen LogP contribution in [0.2, 0.25) is 0 Å². The fraction of sp³-hybridized carbons (Fsp3) is 0.826. The topological polar surface area (TPSA) is 60.2 Å². The van der Waals surface area contributed by atoms with Crippen molar-refractivity contribution in [3.63, 3.8) is 0 Å². The zero-order valence-electron chi connectivity index (χ0n) is 17.8. The van der Waals surface area contributed by atoms with E-state index in [1.807, 2.05) is 6.08 Å². The first-order valence-electron chi connectivity index (χ1n) is 10.5. The lowest BCUT2D eigenvalue weighted by Crippen LogP contribution is -2.51. The van der Waals surface area contributed by atoms with Gasteiger partial charge in [-0.05, 0) is 66.8 Å². The summed E-state index contributed by atoms with van der Waals surface area (Å²) >= 11 is 0. The average Bonchev–Trinajstić information content (AvgIpc) is 2.62. The summed E-state index contributed by atoms with van der Waals surface area (Å²) in [6.45, 7) is 16.1. The third kappa shape index (κ3) is 3.64. The van der Waals surface area contributed by atoms with E-state index in [0.717, 1.165) is 18.4 Å². The fourth-order valence-corrected chi connectivity index (χ4v) is 6.65. The highest BCUT2D eigenvalue weighted by Crippen LogP contribution is 2.59. The van der Waals surface area contributed by atoms with Gasteiger partial charge in [0, 0.05) is 12.3 Å². The summed E-state index contributed by atoms with van der Waals surface area (Å²) in [7, 11) is 0. The lowest BCUT2D eigenvalue weighted by molar-refractivity contribution is -0.133. The number of fused-ring (bicyclic) bond motifs is 1. The molecular weight excluding hydrogens is 322 g/mol. The van der Waals surface area contributed by atoms with Crippen LogP contribution in [0.4, 0.5) is 0 Å². The van der Waals surface area contributed by atoms with Crippen LogP contribution in [-0.4, -0.2) is 11.7 Å². The molecule has 0 aromatic carbocycles. The second-order valence-corrected chi connectivity index (χ2v) is 9.89. The van der Waals surface area contributed by atoms with Crippen LogP contribution in [0.1, 0.15) is 74.1 Å². The molecule has 2 aliphatic rings. The molecule has 2 rings (SSSR count). The van der Waals surface area contributed by atoms with Crippen molar-refractivity contribution in [3.05, 3.63) is 11.6 Å². The van der Waals surface area contributed by atoms with Crippen LogP contribution in [-0.2, 0) is 9.59 Å². The summed E-state index contributed by atoms with van der Waals surface area (Å²) < 4.78 is 0. The Morgan fingerprint density at radius 2 is 1.88 bits per heavy atom. The van der Waals surface area contributed by atoms with Crippen LogP contribution in [0, 0.1) is 46.8 Å². The van der Waals surface area contributed by atoms with Crippen LogP contribution < -0.4 is 5.73 Å². The van der Waals surface area contributed by atoms with E-state index >= 15 is 0 Å². The summed E-state index contributed by atoms with van der Waals surface area (Å²) in [4.78, 5) is 24.7. The van der Waals surface area contributed by atoms with Gasteiger partial charge in [0.25, 0.3) is 0 Å². The second kappa shape index (κ2) is 7.86. The Bertz CT molecular complexity index is 577. The van der Waals surface area contributed by atoms with Crippen LogP contribution in [0.25, 0.3) is 0 Å². The van der Waals surface area contributed by atoms with E-state index in [2.05, 4.69) is 48.5 Å². The number of hydrogen-bond acceptors (Lipinski definition) is 2. The quantitative estimate of drug-likeness (QED) is 0.749. The zero-order chi connectivity index (χ0) is 19.8. The van der Waals surface area contributed by atoms with Gasteiger partial charge in [-0.3, -0.25) is 9.59 Å². The van der Waals surface area contributed by atoms with E-state index in [4.69, 9.17) is 5.73 Å². The number of ketones is 1. The minimum Gasteiger partial charge on any atom is -0.370 e. The molecule has 0 bridgehead atoms. The Morgan fingerprint density at radius 1 is 1.27 bits per heavy atom. The molecule has 2 unspecified atom stereocenters. The molecule has 26 heavy (non-hydrogen) atoms. The van der Waals surface area contributed by atoms with Crippen molar-refractivity contribution in [2.75, 3.05) is 0 Å². The molecule has 0 aliphatic heterocycles. The van der Waals surface area contributed by atoms with Crippen molar-refractivity contribution in [2.24, 2.45) is 52.6 Å². The van der Waals surface area contributed by atoms with Crippen molar-refractivity contribution in [1.29, 1.82) is 0 Å². The van der Waals surface area contributed by atoms with Gasteiger partial charge in [0.15, 0.2) is 5.78 Å². The Morgan fingerprint density at radius 3 is 2.38 bits per heavy atom. The van der Waals surface area contributed by atoms with E-state index in [0.29, 0.717) is 47.7 Å². The molecule has 3 nitrogen and oxygen atoms in total. The Balaban J connectivity index is 2.55. The van der Waals surface area contributed by atoms with Crippen LogP contribution in [0.5, 0.6) is 0 Å². The number of allylic oxidation sites excluding steroid dienone is 2. The number of rotatable bonds is 5. The maximum absolute atomic E-state index is 13.3. The van der Waals surface area contributed by atoms with Crippen molar-refractivity contribution < 1.29 is 9.59 Å². The third-order valence-electron chi connectivity index (χ3n) is 7.83. The summed E-state index contributed by atoms with van der Waals surface area (Å²) in [6.07, 6.45) is 5.33. The van der Waals surface area contributed by atoms with E-state index < -0.39 is 0 Å². The molecule has 0 heterocycles. The van der Waals surface area contributed by atoms with Crippen LogP contribution in [0.15, 0.2) is 11.6 Å². The first-order chi connectivity index (χ1) is 12.0. The van der Waals surface area contributed by atoms with E-state index in [-0.39, 0.29) is 17.2 Å². The van der Waals surface area contributed by atoms with Crippen LogP contribution in [0.3, 0.4) is 0 Å². The number of nitrogens with two attached hydrogens (primary N) is 1. The Hall–Kier alpha value is -1.12. The van der Waals surface area contributed by atoms with Crippen molar-refractivity contribution in [3.8, 4) is 0 Å². The average molecular weight is 362 g/mol. The molecule has 1 saturated carbocycles. The number of primary amides is 1. The SMILES string of the molecule is CC1=CC(=O)[C@H]2[C@@H](CCC(C)C(C(C)C)[C@]2(C)C(C)C)[C@@H]1CCC(N)=O. The molecule has 0 saturated heterocycles. The van der Waals surface area contributed by atoms with Crippen molar-refractivity contribution in [1.82, 2.24) is 0 Å². The minimum atomic E-state index is -0.236. The monoisotopic (exact) mass is 361 g/mol. The van der Waals surface area contributed by atoms with E-state index in [9.17, 15) is 9.59 Å². The van der Waals surface area contributed by atoms with Crippen LogP contribution >= 0.6 is 0 Å². The summed E-state index contributed by atoms with van der Waals surface area (Å²) in [5.41, 5.74) is 6.57. The molecule has 6 atom stereocenters. The maximum Gasteiger partial charge on any atom is 0.217 e. The minimum absolute atomic E-state index is 0.0198. The molecule has 0 aromatic heterocycles. The standard InChI is InChI=1S/C23H39NO2/c1-13(2)21-15(5)8-9-18-17(10-11-20(24)26)16(6)12-19(25)22(18)23(21,7)14(3)4/h12-15,17-18,21-22H,8-11H2,1-7H3,(H2,24,26)/t15?,17-,18+,21?,22-,23+/m1/s1. The van der Waals surface area contributed by atoms with E-state index in [1.165, 1.54) is 6.42 Å².